The molecular formula is C19H20BrN3O4. The molecule has 1 aliphatic rings. The topological polar surface area (TPSA) is 84.7 Å². The summed E-state index contributed by atoms with van der Waals surface area (Å²) in [5.74, 6) is 0. The van der Waals surface area contributed by atoms with Crippen LogP contribution in [-0.2, 0) is 11.3 Å². The molecule has 1 saturated heterocycles. The van der Waals surface area contributed by atoms with Crippen molar-refractivity contribution < 1.29 is 14.5 Å². The fourth-order valence-electron chi connectivity index (χ4n) is 2.97. The Morgan fingerprint density at radius 2 is 1.93 bits per heavy atom. The van der Waals surface area contributed by atoms with E-state index in [0.29, 0.717) is 18.8 Å². The van der Waals surface area contributed by atoms with Crippen LogP contribution in [0.5, 0.6) is 0 Å². The quantitative estimate of drug-likeness (QED) is 0.551. The van der Waals surface area contributed by atoms with Gasteiger partial charge in [0.25, 0.3) is 5.69 Å². The molecule has 7 nitrogen and oxygen atoms in total. The fraction of sp³-hybridized carbons (Fsp3) is 0.316. The number of benzene rings is 2. The second kappa shape index (κ2) is 8.85. The lowest BCUT2D eigenvalue weighted by Crippen LogP contribution is -2.42. The first-order valence-electron chi connectivity index (χ1n) is 8.69. The number of amides is 1. The van der Waals surface area contributed by atoms with Gasteiger partial charge in [-0.05, 0) is 40.4 Å². The van der Waals surface area contributed by atoms with Crippen molar-refractivity contribution in [3.05, 3.63) is 68.7 Å². The van der Waals surface area contributed by atoms with E-state index in [-0.39, 0.29) is 24.4 Å². The summed E-state index contributed by atoms with van der Waals surface area (Å²) in [5.41, 5.74) is 1.69. The van der Waals surface area contributed by atoms with Crippen LogP contribution in [0.2, 0.25) is 0 Å². The highest BCUT2D eigenvalue weighted by Gasteiger charge is 2.24. The van der Waals surface area contributed by atoms with Crippen LogP contribution in [0, 0.1) is 10.1 Å². The van der Waals surface area contributed by atoms with Gasteiger partial charge in [0.1, 0.15) is 6.61 Å². The molecule has 0 aromatic heterocycles. The van der Waals surface area contributed by atoms with Crippen LogP contribution in [0.25, 0.3) is 0 Å². The summed E-state index contributed by atoms with van der Waals surface area (Å²) in [7, 11) is 0. The number of non-ortho nitro benzene ring substituents is 1. The van der Waals surface area contributed by atoms with Crippen LogP contribution in [0.3, 0.4) is 0 Å². The van der Waals surface area contributed by atoms with Crippen LogP contribution in [0.1, 0.15) is 18.4 Å². The second-order valence-electron chi connectivity index (χ2n) is 6.37. The summed E-state index contributed by atoms with van der Waals surface area (Å²) >= 11 is 3.41. The first-order valence-corrected chi connectivity index (χ1v) is 9.48. The van der Waals surface area contributed by atoms with E-state index >= 15 is 0 Å². The van der Waals surface area contributed by atoms with Crippen molar-refractivity contribution in [3.8, 4) is 0 Å². The molecular weight excluding hydrogens is 414 g/mol. The third-order valence-electron chi connectivity index (χ3n) is 4.48. The number of carbonyl (C=O) groups is 1. The molecule has 0 spiro atoms. The number of piperidine rings is 1. The van der Waals surface area contributed by atoms with Crippen LogP contribution >= 0.6 is 15.9 Å². The van der Waals surface area contributed by atoms with Crippen LogP contribution in [-0.4, -0.2) is 35.0 Å². The molecule has 1 fully saturated rings. The van der Waals surface area contributed by atoms with Gasteiger partial charge in [-0.15, -0.1) is 0 Å². The van der Waals surface area contributed by atoms with Gasteiger partial charge in [-0.1, -0.05) is 30.3 Å². The zero-order valence-electron chi connectivity index (χ0n) is 14.6. The summed E-state index contributed by atoms with van der Waals surface area (Å²) in [6, 6.07) is 14.4. The average molecular weight is 434 g/mol. The predicted molar refractivity (Wildman–Crippen MR) is 106 cm³/mol. The van der Waals surface area contributed by atoms with Gasteiger partial charge in [0.2, 0.25) is 0 Å². The van der Waals surface area contributed by atoms with Crippen molar-refractivity contribution in [1.29, 1.82) is 0 Å². The molecule has 142 valence electrons. The minimum absolute atomic E-state index is 0.0441. The molecule has 0 unspecified atom stereocenters. The first-order chi connectivity index (χ1) is 13.0. The normalized spacial score (nSPS) is 14.6. The van der Waals surface area contributed by atoms with Gasteiger partial charge in [-0.2, -0.15) is 0 Å². The second-order valence-corrected chi connectivity index (χ2v) is 7.22. The Morgan fingerprint density at radius 3 is 2.59 bits per heavy atom. The third kappa shape index (κ3) is 5.19. The number of nitrogens with zero attached hydrogens (tertiary/aromatic N) is 2. The first kappa shape index (κ1) is 19.2. The van der Waals surface area contributed by atoms with Crippen molar-refractivity contribution in [2.75, 3.05) is 18.4 Å². The van der Waals surface area contributed by atoms with Gasteiger partial charge in [-0.25, -0.2) is 4.79 Å². The number of nitro groups is 1. The highest BCUT2D eigenvalue weighted by atomic mass is 79.9. The van der Waals surface area contributed by atoms with Gasteiger partial charge in [0, 0.05) is 35.7 Å². The monoisotopic (exact) mass is 433 g/mol. The summed E-state index contributed by atoms with van der Waals surface area (Å²) in [6.07, 6.45) is 1.18. The number of hydrogen-bond donors (Lipinski definition) is 1. The summed E-state index contributed by atoms with van der Waals surface area (Å²) in [6.45, 7) is 1.42. The van der Waals surface area contributed by atoms with Crippen molar-refractivity contribution >= 4 is 33.4 Å². The highest BCUT2D eigenvalue weighted by Crippen LogP contribution is 2.29. The molecule has 2 aromatic carbocycles. The van der Waals surface area contributed by atoms with E-state index in [1.54, 1.807) is 11.0 Å². The van der Waals surface area contributed by atoms with E-state index in [0.717, 1.165) is 22.9 Å². The number of ether oxygens (including phenoxy) is 1. The Labute approximate surface area is 165 Å². The van der Waals surface area contributed by atoms with Gasteiger partial charge < -0.3 is 15.0 Å². The number of carbonyl (C=O) groups excluding carboxylic acids is 1. The van der Waals surface area contributed by atoms with E-state index < -0.39 is 4.92 Å². The zero-order valence-corrected chi connectivity index (χ0v) is 16.2. The Bertz CT molecular complexity index is 808. The molecule has 1 amide bonds. The van der Waals surface area contributed by atoms with Gasteiger partial charge >= 0.3 is 6.09 Å². The SMILES string of the molecule is O=C(OCc1ccccc1)N1CCC(Nc2cc([N+](=O)[O-])ccc2Br)CC1. The standard InChI is InChI=1S/C19H20BrN3O4/c20-17-7-6-16(23(25)26)12-18(17)21-15-8-10-22(11-9-15)19(24)27-13-14-4-2-1-3-5-14/h1-7,12,15,21H,8-11,13H2. The number of nitro benzene ring substituents is 1. The molecule has 2 aromatic rings. The van der Waals surface area contributed by atoms with E-state index in [1.807, 2.05) is 30.3 Å². The Hall–Kier alpha value is -2.61. The predicted octanol–water partition coefficient (Wildman–Crippen LogP) is 4.57. The molecule has 0 aliphatic carbocycles. The number of anilines is 1. The van der Waals surface area contributed by atoms with E-state index in [2.05, 4.69) is 21.2 Å². The molecule has 27 heavy (non-hydrogen) atoms. The number of nitrogens with one attached hydrogen (secondary N) is 1. The average Bonchev–Trinajstić information content (AvgIpc) is 2.69. The number of halogens is 1. The number of hydrogen-bond acceptors (Lipinski definition) is 5. The zero-order chi connectivity index (χ0) is 19.2. The molecule has 1 N–H and O–H groups in total. The molecule has 3 rings (SSSR count). The summed E-state index contributed by atoms with van der Waals surface area (Å²) in [5, 5.41) is 14.3. The Kier molecular flexibility index (Phi) is 6.28. The smallest absolute Gasteiger partial charge is 0.410 e. The maximum absolute atomic E-state index is 12.2. The van der Waals surface area contributed by atoms with E-state index in [4.69, 9.17) is 4.74 Å². The lowest BCUT2D eigenvalue weighted by molar-refractivity contribution is -0.384. The van der Waals surface area contributed by atoms with Crippen molar-refractivity contribution in [3.63, 3.8) is 0 Å². The van der Waals surface area contributed by atoms with Crippen LogP contribution in [0.4, 0.5) is 16.2 Å². The molecule has 1 heterocycles. The highest BCUT2D eigenvalue weighted by molar-refractivity contribution is 9.10. The Balaban J connectivity index is 1.49. The van der Waals surface area contributed by atoms with Crippen LogP contribution in [0.15, 0.2) is 53.0 Å². The fourth-order valence-corrected chi connectivity index (χ4v) is 3.34. The van der Waals surface area contributed by atoms with E-state index in [9.17, 15) is 14.9 Å². The van der Waals surface area contributed by atoms with Crippen LogP contribution < -0.4 is 5.32 Å². The minimum atomic E-state index is -0.414. The lowest BCUT2D eigenvalue weighted by Gasteiger charge is -2.32. The lowest BCUT2D eigenvalue weighted by atomic mass is 10.0. The molecule has 1 aliphatic heterocycles. The number of likely N-dealkylation sites (tertiary alicyclic amines) is 1. The summed E-state index contributed by atoms with van der Waals surface area (Å²) in [4.78, 5) is 24.4. The van der Waals surface area contributed by atoms with Crippen molar-refractivity contribution in [1.82, 2.24) is 4.90 Å². The summed E-state index contributed by atoms with van der Waals surface area (Å²) < 4.78 is 6.14. The van der Waals surface area contributed by atoms with Gasteiger partial charge in [0.15, 0.2) is 0 Å². The molecule has 0 atom stereocenters. The Morgan fingerprint density at radius 1 is 1.22 bits per heavy atom. The van der Waals surface area contributed by atoms with Crippen molar-refractivity contribution in [2.45, 2.75) is 25.5 Å². The molecule has 0 radical (unpaired) electrons. The maximum Gasteiger partial charge on any atom is 0.410 e. The molecule has 0 bridgehead atoms. The van der Waals surface area contributed by atoms with Gasteiger partial charge in [0.05, 0.1) is 10.6 Å². The minimum Gasteiger partial charge on any atom is -0.445 e. The number of rotatable bonds is 5. The third-order valence-corrected chi connectivity index (χ3v) is 5.17. The molecule has 8 heteroatoms. The van der Waals surface area contributed by atoms with Crippen molar-refractivity contribution in [2.24, 2.45) is 0 Å². The molecule has 0 saturated carbocycles. The largest absolute Gasteiger partial charge is 0.445 e. The van der Waals surface area contributed by atoms with Gasteiger partial charge in [-0.3, -0.25) is 10.1 Å². The maximum atomic E-state index is 12.2. The van der Waals surface area contributed by atoms with E-state index in [1.165, 1.54) is 12.1 Å².